The normalized spacial score (nSPS) is 20.3. The van der Waals surface area contributed by atoms with E-state index in [1.165, 1.54) is 0 Å². The third-order valence-corrected chi connectivity index (χ3v) is 2.75. The van der Waals surface area contributed by atoms with Gasteiger partial charge in [-0.25, -0.2) is 0 Å². The first-order chi connectivity index (χ1) is 6.83. The predicted octanol–water partition coefficient (Wildman–Crippen LogP) is 2.40. The fourth-order valence-corrected chi connectivity index (χ4v) is 1.97. The molecule has 0 saturated carbocycles. The Labute approximate surface area is 83.7 Å². The molecule has 1 aromatic heterocycles. The summed E-state index contributed by atoms with van der Waals surface area (Å²) in [5.74, 6) is 0.399. The molecule has 72 valence electrons. The van der Waals surface area contributed by atoms with Crippen LogP contribution < -0.4 is 0 Å². The van der Waals surface area contributed by atoms with Crippen LogP contribution in [0.15, 0.2) is 31.1 Å². The van der Waals surface area contributed by atoms with Crippen LogP contribution in [0.2, 0.25) is 0 Å². The molecule has 0 spiro atoms. The summed E-state index contributed by atoms with van der Waals surface area (Å²) in [5, 5.41) is 0. The molecular formula is C12H13NO. The van der Waals surface area contributed by atoms with Crippen molar-refractivity contribution >= 4 is 5.78 Å². The number of hydrogen-bond acceptors (Lipinski definition) is 2. The molecule has 0 radical (unpaired) electrons. The smallest absolute Gasteiger partial charge is 0.166 e. The molecule has 0 aromatic carbocycles. The molecule has 0 saturated heterocycles. The van der Waals surface area contributed by atoms with E-state index in [-0.39, 0.29) is 11.7 Å². The van der Waals surface area contributed by atoms with Crippen LogP contribution in [0.4, 0.5) is 0 Å². The summed E-state index contributed by atoms with van der Waals surface area (Å²) in [6.45, 7) is 3.68. The molecule has 1 aliphatic carbocycles. The highest BCUT2D eigenvalue weighted by Gasteiger charge is 2.25. The van der Waals surface area contributed by atoms with E-state index in [9.17, 15) is 4.79 Å². The van der Waals surface area contributed by atoms with Crippen molar-refractivity contribution in [3.05, 3.63) is 42.2 Å². The number of nitrogens with zero attached hydrogens (tertiary/aromatic N) is 1. The summed E-state index contributed by atoms with van der Waals surface area (Å²) < 4.78 is 0. The number of pyridine rings is 1. The molecule has 0 N–H and O–H groups in total. The fraction of sp³-hybridized carbons (Fsp3) is 0.333. The Morgan fingerprint density at radius 2 is 2.50 bits per heavy atom. The summed E-state index contributed by atoms with van der Waals surface area (Å²) in [4.78, 5) is 16.0. The van der Waals surface area contributed by atoms with Crippen LogP contribution in [0.3, 0.4) is 0 Å². The minimum absolute atomic E-state index is 0.141. The zero-order valence-corrected chi connectivity index (χ0v) is 8.07. The maximum absolute atomic E-state index is 11.9. The summed E-state index contributed by atoms with van der Waals surface area (Å²) in [6.07, 6.45) is 8.01. The number of aromatic nitrogens is 1. The quantitative estimate of drug-likeness (QED) is 0.665. The molecule has 1 atom stereocenters. The van der Waals surface area contributed by atoms with Gasteiger partial charge < -0.3 is 0 Å². The van der Waals surface area contributed by atoms with Crippen LogP contribution >= 0.6 is 0 Å². The van der Waals surface area contributed by atoms with Gasteiger partial charge in [0.1, 0.15) is 0 Å². The largest absolute Gasteiger partial charge is 0.294 e. The van der Waals surface area contributed by atoms with E-state index in [0.717, 1.165) is 30.4 Å². The number of ketones is 1. The first-order valence-corrected chi connectivity index (χ1v) is 4.91. The number of aryl methyl sites for hydroxylation is 1. The first-order valence-electron chi connectivity index (χ1n) is 4.91. The van der Waals surface area contributed by atoms with Gasteiger partial charge in [0, 0.05) is 23.9 Å². The lowest BCUT2D eigenvalue weighted by Gasteiger charge is -2.21. The molecule has 2 heteroatoms. The van der Waals surface area contributed by atoms with Crippen LogP contribution in [-0.4, -0.2) is 10.8 Å². The second kappa shape index (κ2) is 3.74. The average Bonchev–Trinajstić information content (AvgIpc) is 2.23. The summed E-state index contributed by atoms with van der Waals surface area (Å²) >= 11 is 0. The van der Waals surface area contributed by atoms with E-state index in [1.54, 1.807) is 12.4 Å². The highest BCUT2D eigenvalue weighted by atomic mass is 16.1. The van der Waals surface area contributed by atoms with Gasteiger partial charge in [0.25, 0.3) is 0 Å². The Kier molecular flexibility index (Phi) is 2.44. The summed E-state index contributed by atoms with van der Waals surface area (Å²) in [5.41, 5.74) is 1.95. The van der Waals surface area contributed by atoms with Crippen LogP contribution in [-0.2, 0) is 6.42 Å². The van der Waals surface area contributed by atoms with Crippen LogP contribution in [0.1, 0.15) is 28.8 Å². The summed E-state index contributed by atoms with van der Waals surface area (Å²) in [7, 11) is 0. The maximum Gasteiger partial charge on any atom is 0.166 e. The number of carbonyl (C=O) groups excluding carboxylic acids is 1. The molecule has 1 aromatic rings. The highest BCUT2D eigenvalue weighted by Crippen LogP contribution is 2.26. The van der Waals surface area contributed by atoms with Crippen molar-refractivity contribution < 1.29 is 4.79 Å². The topological polar surface area (TPSA) is 30.0 Å². The van der Waals surface area contributed by atoms with Crippen LogP contribution in [0.25, 0.3) is 0 Å². The Morgan fingerprint density at radius 3 is 3.29 bits per heavy atom. The maximum atomic E-state index is 11.9. The fourth-order valence-electron chi connectivity index (χ4n) is 1.97. The van der Waals surface area contributed by atoms with E-state index >= 15 is 0 Å². The van der Waals surface area contributed by atoms with E-state index in [0.29, 0.717) is 0 Å². The zero-order valence-electron chi connectivity index (χ0n) is 8.07. The number of allylic oxidation sites excluding steroid dienone is 1. The lowest BCUT2D eigenvalue weighted by molar-refractivity contribution is 0.0903. The molecule has 14 heavy (non-hydrogen) atoms. The van der Waals surface area contributed by atoms with Crippen molar-refractivity contribution in [2.45, 2.75) is 19.3 Å². The third-order valence-electron chi connectivity index (χ3n) is 2.75. The average molecular weight is 187 g/mol. The van der Waals surface area contributed by atoms with E-state index < -0.39 is 0 Å². The Bertz CT molecular complexity index is 370. The van der Waals surface area contributed by atoms with Gasteiger partial charge in [-0.2, -0.15) is 0 Å². The van der Waals surface area contributed by atoms with Gasteiger partial charge in [-0.15, -0.1) is 6.58 Å². The van der Waals surface area contributed by atoms with E-state index in [1.807, 2.05) is 12.1 Å². The number of carbonyl (C=O) groups is 1. The minimum atomic E-state index is 0.141. The van der Waals surface area contributed by atoms with Gasteiger partial charge >= 0.3 is 0 Å². The molecule has 2 rings (SSSR count). The number of rotatable bonds is 2. The molecule has 2 nitrogen and oxygen atoms in total. The first kappa shape index (κ1) is 9.13. The Hall–Kier alpha value is -1.44. The van der Waals surface area contributed by atoms with E-state index in [4.69, 9.17) is 0 Å². The van der Waals surface area contributed by atoms with Gasteiger partial charge in [-0.05, 0) is 30.9 Å². The lowest BCUT2D eigenvalue weighted by atomic mass is 9.82. The SMILES string of the molecule is C=CCC1CCc2cnccc2C1=O. The van der Waals surface area contributed by atoms with Gasteiger partial charge in [0.05, 0.1) is 0 Å². The summed E-state index contributed by atoms with van der Waals surface area (Å²) in [6, 6.07) is 1.83. The van der Waals surface area contributed by atoms with Crippen molar-refractivity contribution in [3.8, 4) is 0 Å². The van der Waals surface area contributed by atoms with Crippen molar-refractivity contribution in [2.24, 2.45) is 5.92 Å². The Morgan fingerprint density at radius 1 is 1.64 bits per heavy atom. The standard InChI is InChI=1S/C12H13NO/c1-2-3-9-4-5-10-8-13-7-6-11(10)12(9)14/h2,6-9H,1,3-5H2. The van der Waals surface area contributed by atoms with Gasteiger partial charge in [-0.1, -0.05) is 6.08 Å². The zero-order chi connectivity index (χ0) is 9.97. The molecule has 1 aliphatic rings. The van der Waals surface area contributed by atoms with Crippen molar-refractivity contribution in [1.29, 1.82) is 0 Å². The predicted molar refractivity (Wildman–Crippen MR) is 55.2 cm³/mol. The molecule has 1 unspecified atom stereocenters. The van der Waals surface area contributed by atoms with Crippen molar-refractivity contribution in [2.75, 3.05) is 0 Å². The molecule has 0 aliphatic heterocycles. The second-order valence-corrected chi connectivity index (χ2v) is 3.66. The number of hydrogen-bond donors (Lipinski definition) is 0. The molecule has 0 fully saturated rings. The van der Waals surface area contributed by atoms with Crippen LogP contribution in [0.5, 0.6) is 0 Å². The van der Waals surface area contributed by atoms with Gasteiger partial charge in [-0.3, -0.25) is 9.78 Å². The second-order valence-electron chi connectivity index (χ2n) is 3.66. The third kappa shape index (κ3) is 1.48. The molecule has 0 amide bonds. The van der Waals surface area contributed by atoms with Crippen molar-refractivity contribution in [1.82, 2.24) is 4.98 Å². The molecular weight excluding hydrogens is 174 g/mol. The van der Waals surface area contributed by atoms with Crippen LogP contribution in [0, 0.1) is 5.92 Å². The minimum Gasteiger partial charge on any atom is -0.294 e. The van der Waals surface area contributed by atoms with Gasteiger partial charge in [0.15, 0.2) is 5.78 Å². The number of Topliss-reactive ketones (excluding diaryl/α,β-unsaturated/α-hetero) is 1. The monoisotopic (exact) mass is 187 g/mol. The van der Waals surface area contributed by atoms with Crippen molar-refractivity contribution in [3.63, 3.8) is 0 Å². The Balaban J connectivity index is 2.31. The van der Waals surface area contributed by atoms with E-state index in [2.05, 4.69) is 11.6 Å². The number of fused-ring (bicyclic) bond motifs is 1. The molecule has 0 bridgehead atoms. The highest BCUT2D eigenvalue weighted by molar-refractivity contribution is 6.00. The lowest BCUT2D eigenvalue weighted by Crippen LogP contribution is -2.22. The van der Waals surface area contributed by atoms with Gasteiger partial charge in [0.2, 0.25) is 0 Å². The molecule has 1 heterocycles.